The summed E-state index contributed by atoms with van der Waals surface area (Å²) in [5.74, 6) is 0.446. The van der Waals surface area contributed by atoms with E-state index in [2.05, 4.69) is 62.3 Å². The zero-order valence-electron chi connectivity index (χ0n) is 13.8. The first-order valence-electron chi connectivity index (χ1n) is 7.23. The molecular weight excluding hydrogens is 224 g/mol. The van der Waals surface area contributed by atoms with E-state index in [1.165, 1.54) is 0 Å². The van der Waals surface area contributed by atoms with Crippen LogP contribution in [0.5, 0.6) is 0 Å². The predicted molar refractivity (Wildman–Crippen MR) is 76.3 cm³/mol. The Hall–Kier alpha value is -0.0800. The van der Waals surface area contributed by atoms with E-state index >= 15 is 0 Å². The topological polar surface area (TPSA) is 18.5 Å². The summed E-state index contributed by atoms with van der Waals surface area (Å²) in [7, 11) is 0. The third-order valence-corrected chi connectivity index (χ3v) is 5.14. The normalized spacial score (nSPS) is 35.0. The van der Waals surface area contributed by atoms with Crippen molar-refractivity contribution in [1.82, 2.24) is 0 Å². The molecule has 0 spiro atoms. The van der Waals surface area contributed by atoms with Crippen molar-refractivity contribution < 1.29 is 9.78 Å². The van der Waals surface area contributed by atoms with Crippen LogP contribution < -0.4 is 0 Å². The molecule has 0 bridgehead atoms. The Labute approximate surface area is 113 Å². The van der Waals surface area contributed by atoms with Crippen LogP contribution in [0.15, 0.2) is 0 Å². The van der Waals surface area contributed by atoms with E-state index in [9.17, 15) is 0 Å². The maximum Gasteiger partial charge on any atom is 0.111 e. The van der Waals surface area contributed by atoms with Gasteiger partial charge in [0.05, 0.1) is 0 Å². The Morgan fingerprint density at radius 1 is 0.833 bits per heavy atom. The molecule has 0 N–H and O–H groups in total. The SMILES string of the molecule is CC(C)C1(C(C)(C)C)CCC(C)(C(C)(C)C)OO1. The summed E-state index contributed by atoms with van der Waals surface area (Å²) in [5.41, 5.74) is -0.206. The molecule has 1 heterocycles. The summed E-state index contributed by atoms with van der Waals surface area (Å²) in [4.78, 5) is 12.0. The lowest BCUT2D eigenvalue weighted by Gasteiger charge is -2.55. The van der Waals surface area contributed by atoms with Gasteiger partial charge in [-0.15, -0.1) is 0 Å². The third-order valence-electron chi connectivity index (χ3n) is 5.14. The molecule has 0 aromatic heterocycles. The Balaban J connectivity index is 2.96. The van der Waals surface area contributed by atoms with Gasteiger partial charge in [0.25, 0.3) is 0 Å². The Morgan fingerprint density at radius 2 is 1.33 bits per heavy atom. The van der Waals surface area contributed by atoms with Gasteiger partial charge in [-0.2, -0.15) is 0 Å². The molecule has 1 aliphatic rings. The maximum atomic E-state index is 6.03. The van der Waals surface area contributed by atoms with Gasteiger partial charge in [0, 0.05) is 0 Å². The highest BCUT2D eigenvalue weighted by molar-refractivity contribution is 5.00. The molecule has 0 saturated carbocycles. The van der Waals surface area contributed by atoms with Gasteiger partial charge in [-0.05, 0) is 36.5 Å². The minimum atomic E-state index is -0.198. The van der Waals surface area contributed by atoms with Crippen molar-refractivity contribution in [3.8, 4) is 0 Å². The molecule has 0 amide bonds. The van der Waals surface area contributed by atoms with Crippen molar-refractivity contribution in [3.05, 3.63) is 0 Å². The first kappa shape index (κ1) is 16.0. The fourth-order valence-corrected chi connectivity index (χ4v) is 2.92. The summed E-state index contributed by atoms with van der Waals surface area (Å²) >= 11 is 0. The maximum absolute atomic E-state index is 6.03. The molecule has 2 heteroatoms. The second kappa shape index (κ2) is 4.49. The monoisotopic (exact) mass is 256 g/mol. The summed E-state index contributed by atoms with van der Waals surface area (Å²) in [6, 6.07) is 0. The average Bonchev–Trinajstić information content (AvgIpc) is 2.14. The number of rotatable bonds is 1. The molecule has 108 valence electrons. The van der Waals surface area contributed by atoms with E-state index in [1.54, 1.807) is 0 Å². The van der Waals surface area contributed by atoms with E-state index in [1.807, 2.05) is 0 Å². The van der Waals surface area contributed by atoms with E-state index in [-0.39, 0.29) is 22.0 Å². The predicted octanol–water partition coefficient (Wildman–Crippen LogP) is 4.97. The molecule has 18 heavy (non-hydrogen) atoms. The molecule has 2 nitrogen and oxygen atoms in total. The highest BCUT2D eigenvalue weighted by Gasteiger charge is 2.54. The molecule has 1 fully saturated rings. The van der Waals surface area contributed by atoms with Gasteiger partial charge in [-0.3, -0.25) is 0 Å². The van der Waals surface area contributed by atoms with Crippen LogP contribution in [0.4, 0.5) is 0 Å². The average molecular weight is 256 g/mol. The second-order valence-electron chi connectivity index (χ2n) is 8.44. The Kier molecular flexibility index (Phi) is 3.98. The van der Waals surface area contributed by atoms with E-state index in [0.717, 1.165) is 12.8 Å². The van der Waals surface area contributed by atoms with Crippen molar-refractivity contribution in [2.75, 3.05) is 0 Å². The van der Waals surface area contributed by atoms with Gasteiger partial charge < -0.3 is 0 Å². The number of hydrogen-bond acceptors (Lipinski definition) is 2. The summed E-state index contributed by atoms with van der Waals surface area (Å²) in [6.45, 7) is 20.0. The van der Waals surface area contributed by atoms with Crippen LogP contribution in [-0.2, 0) is 9.78 Å². The van der Waals surface area contributed by atoms with E-state index < -0.39 is 0 Å². The largest absolute Gasteiger partial charge is 0.229 e. The third kappa shape index (κ3) is 2.46. The lowest BCUT2D eigenvalue weighted by molar-refractivity contribution is -0.475. The van der Waals surface area contributed by atoms with Crippen LogP contribution in [0.2, 0.25) is 0 Å². The Morgan fingerprint density at radius 3 is 1.56 bits per heavy atom. The molecule has 0 aliphatic carbocycles. The summed E-state index contributed by atoms with van der Waals surface area (Å²) in [6.07, 6.45) is 2.11. The van der Waals surface area contributed by atoms with E-state index in [4.69, 9.17) is 9.78 Å². The lowest BCUT2D eigenvalue weighted by atomic mass is 9.64. The smallest absolute Gasteiger partial charge is 0.111 e. The van der Waals surface area contributed by atoms with Crippen LogP contribution in [-0.4, -0.2) is 11.2 Å². The fourth-order valence-electron chi connectivity index (χ4n) is 2.92. The number of hydrogen-bond donors (Lipinski definition) is 0. The van der Waals surface area contributed by atoms with Crippen LogP contribution in [0.3, 0.4) is 0 Å². The van der Waals surface area contributed by atoms with Crippen molar-refractivity contribution in [1.29, 1.82) is 0 Å². The van der Waals surface area contributed by atoms with Crippen LogP contribution in [0.1, 0.15) is 75.2 Å². The van der Waals surface area contributed by atoms with E-state index in [0.29, 0.717) is 5.92 Å². The molecule has 1 rings (SSSR count). The van der Waals surface area contributed by atoms with Gasteiger partial charge in [0.1, 0.15) is 11.2 Å². The summed E-state index contributed by atoms with van der Waals surface area (Å²) < 4.78 is 0. The summed E-state index contributed by atoms with van der Waals surface area (Å²) in [5, 5.41) is 0. The highest BCUT2D eigenvalue weighted by Crippen LogP contribution is 2.51. The minimum absolute atomic E-state index is 0.0837. The van der Waals surface area contributed by atoms with Crippen LogP contribution in [0, 0.1) is 16.7 Å². The minimum Gasteiger partial charge on any atom is -0.229 e. The van der Waals surface area contributed by atoms with Gasteiger partial charge in [0.2, 0.25) is 0 Å². The van der Waals surface area contributed by atoms with Gasteiger partial charge >= 0.3 is 0 Å². The Bertz CT molecular complexity index is 283. The first-order chi connectivity index (χ1) is 7.86. The van der Waals surface area contributed by atoms with Crippen molar-refractivity contribution in [2.45, 2.75) is 86.4 Å². The zero-order valence-corrected chi connectivity index (χ0v) is 13.8. The van der Waals surface area contributed by atoms with Crippen molar-refractivity contribution in [3.63, 3.8) is 0 Å². The highest BCUT2D eigenvalue weighted by atomic mass is 17.2. The lowest BCUT2D eigenvalue weighted by Crippen LogP contribution is -2.58. The van der Waals surface area contributed by atoms with Crippen molar-refractivity contribution in [2.24, 2.45) is 16.7 Å². The first-order valence-corrected chi connectivity index (χ1v) is 7.23. The van der Waals surface area contributed by atoms with Crippen molar-refractivity contribution >= 4 is 0 Å². The standard InChI is InChI=1S/C16H32O2/c1-12(2)16(14(6,7)8)11-10-15(9,17-18-16)13(3,4)5/h12H,10-11H2,1-9H3. The van der Waals surface area contributed by atoms with Crippen LogP contribution >= 0.6 is 0 Å². The second-order valence-corrected chi connectivity index (χ2v) is 8.44. The fraction of sp³-hybridized carbons (Fsp3) is 1.00. The molecule has 1 aliphatic heterocycles. The molecule has 2 unspecified atom stereocenters. The molecular formula is C16H32O2. The molecule has 0 aromatic rings. The molecule has 1 saturated heterocycles. The molecule has 2 atom stereocenters. The molecule has 0 aromatic carbocycles. The van der Waals surface area contributed by atoms with Gasteiger partial charge in [-0.25, -0.2) is 9.78 Å². The quantitative estimate of drug-likeness (QED) is 0.616. The van der Waals surface area contributed by atoms with Gasteiger partial charge in [0.15, 0.2) is 0 Å². The molecule has 0 radical (unpaired) electrons. The van der Waals surface area contributed by atoms with Crippen LogP contribution in [0.25, 0.3) is 0 Å². The van der Waals surface area contributed by atoms with Gasteiger partial charge in [-0.1, -0.05) is 55.4 Å². The zero-order chi connectivity index (χ0) is 14.4.